The van der Waals surface area contributed by atoms with Crippen LogP contribution < -0.4 is 14.8 Å². The molecule has 0 aromatic heterocycles. The van der Waals surface area contributed by atoms with Crippen LogP contribution in [0.2, 0.25) is 0 Å². The Balaban J connectivity index is 1.95. The molecule has 2 rings (SSSR count). The van der Waals surface area contributed by atoms with Crippen LogP contribution in [0.1, 0.15) is 38.5 Å². The van der Waals surface area contributed by atoms with Gasteiger partial charge in [0.2, 0.25) is 5.91 Å². The Kier molecular flexibility index (Phi) is 6.71. The molecule has 0 spiro atoms. The minimum Gasteiger partial charge on any atom is -0.497 e. The molecule has 1 aromatic rings. The van der Waals surface area contributed by atoms with Crippen LogP contribution in [0.5, 0.6) is 11.5 Å². The van der Waals surface area contributed by atoms with Crippen LogP contribution in [-0.4, -0.2) is 44.7 Å². The summed E-state index contributed by atoms with van der Waals surface area (Å²) in [6.45, 7) is 0.394. The highest BCUT2D eigenvalue weighted by atomic mass is 16.5. The lowest BCUT2D eigenvalue weighted by atomic mass is 10.1. The molecule has 0 bridgehead atoms. The van der Waals surface area contributed by atoms with E-state index in [-0.39, 0.29) is 5.91 Å². The van der Waals surface area contributed by atoms with Gasteiger partial charge in [-0.25, -0.2) is 0 Å². The first-order valence-corrected chi connectivity index (χ1v) is 8.36. The SMILES string of the molecule is COc1ccc(OC)c(NC(=O)CN(C)C2CCCCCC2)c1. The number of anilines is 1. The van der Waals surface area contributed by atoms with Crippen molar-refractivity contribution in [1.82, 2.24) is 4.90 Å². The number of amides is 1. The van der Waals surface area contributed by atoms with E-state index in [1.54, 1.807) is 26.4 Å². The third-order valence-corrected chi connectivity index (χ3v) is 4.52. The van der Waals surface area contributed by atoms with E-state index >= 15 is 0 Å². The summed E-state index contributed by atoms with van der Waals surface area (Å²) in [7, 11) is 5.24. The van der Waals surface area contributed by atoms with E-state index in [2.05, 4.69) is 10.2 Å². The van der Waals surface area contributed by atoms with Crippen LogP contribution in [0.3, 0.4) is 0 Å². The largest absolute Gasteiger partial charge is 0.497 e. The Hall–Kier alpha value is -1.75. The number of hydrogen-bond donors (Lipinski definition) is 1. The lowest BCUT2D eigenvalue weighted by Gasteiger charge is -2.26. The van der Waals surface area contributed by atoms with Gasteiger partial charge in [0, 0.05) is 12.1 Å². The number of likely N-dealkylation sites (N-methyl/N-ethyl adjacent to an activating group) is 1. The zero-order valence-corrected chi connectivity index (χ0v) is 14.4. The maximum atomic E-state index is 12.4. The van der Waals surface area contributed by atoms with Crippen molar-refractivity contribution in [3.63, 3.8) is 0 Å². The number of carbonyl (C=O) groups excluding carboxylic acids is 1. The summed E-state index contributed by atoms with van der Waals surface area (Å²) in [5.41, 5.74) is 0.645. The highest BCUT2D eigenvalue weighted by Crippen LogP contribution is 2.29. The maximum absolute atomic E-state index is 12.4. The topological polar surface area (TPSA) is 50.8 Å². The molecule has 1 aliphatic rings. The van der Waals surface area contributed by atoms with Crippen molar-refractivity contribution >= 4 is 11.6 Å². The van der Waals surface area contributed by atoms with Crippen molar-refractivity contribution in [2.24, 2.45) is 0 Å². The molecule has 5 heteroatoms. The highest BCUT2D eigenvalue weighted by molar-refractivity contribution is 5.94. The van der Waals surface area contributed by atoms with Crippen LogP contribution in [0.25, 0.3) is 0 Å². The molecule has 0 heterocycles. The Morgan fingerprint density at radius 1 is 1.17 bits per heavy atom. The second-order valence-corrected chi connectivity index (χ2v) is 6.17. The van der Waals surface area contributed by atoms with Crippen LogP contribution in [0, 0.1) is 0 Å². The van der Waals surface area contributed by atoms with E-state index in [0.717, 1.165) is 0 Å². The zero-order valence-electron chi connectivity index (χ0n) is 14.4. The van der Waals surface area contributed by atoms with Gasteiger partial charge in [0.1, 0.15) is 11.5 Å². The summed E-state index contributed by atoms with van der Waals surface area (Å²) in [4.78, 5) is 14.5. The molecule has 1 saturated carbocycles. The van der Waals surface area contributed by atoms with Crippen molar-refractivity contribution in [2.45, 2.75) is 44.6 Å². The van der Waals surface area contributed by atoms with E-state index in [0.29, 0.717) is 29.8 Å². The number of benzene rings is 1. The average Bonchev–Trinajstić information content (AvgIpc) is 2.84. The summed E-state index contributed by atoms with van der Waals surface area (Å²) in [5.74, 6) is 1.30. The fourth-order valence-electron chi connectivity index (χ4n) is 3.16. The smallest absolute Gasteiger partial charge is 0.238 e. The molecule has 1 N–H and O–H groups in total. The van der Waals surface area contributed by atoms with Crippen LogP contribution in [0.15, 0.2) is 18.2 Å². The summed E-state index contributed by atoms with van der Waals surface area (Å²) < 4.78 is 10.5. The minimum absolute atomic E-state index is 0.0247. The van der Waals surface area contributed by atoms with Crippen LogP contribution in [-0.2, 0) is 4.79 Å². The highest BCUT2D eigenvalue weighted by Gasteiger charge is 2.19. The predicted octanol–water partition coefficient (Wildman–Crippen LogP) is 3.30. The summed E-state index contributed by atoms with van der Waals surface area (Å²) >= 11 is 0. The molecule has 0 saturated heterocycles. The van der Waals surface area contributed by atoms with Gasteiger partial charge in [-0.05, 0) is 32.0 Å². The number of hydrogen-bond acceptors (Lipinski definition) is 4. The quantitative estimate of drug-likeness (QED) is 0.817. The van der Waals surface area contributed by atoms with Gasteiger partial charge in [0.15, 0.2) is 0 Å². The molecule has 0 radical (unpaired) electrons. The molecule has 1 amide bonds. The van der Waals surface area contributed by atoms with E-state index in [4.69, 9.17) is 9.47 Å². The lowest BCUT2D eigenvalue weighted by Crippen LogP contribution is -2.37. The van der Waals surface area contributed by atoms with Crippen molar-refractivity contribution in [3.8, 4) is 11.5 Å². The summed E-state index contributed by atoms with van der Waals surface area (Å²) in [6.07, 6.45) is 7.54. The number of nitrogens with one attached hydrogen (secondary N) is 1. The predicted molar refractivity (Wildman–Crippen MR) is 92.3 cm³/mol. The average molecular weight is 320 g/mol. The normalized spacial score (nSPS) is 16.0. The van der Waals surface area contributed by atoms with Gasteiger partial charge in [-0.2, -0.15) is 0 Å². The second-order valence-electron chi connectivity index (χ2n) is 6.17. The fourth-order valence-corrected chi connectivity index (χ4v) is 3.16. The van der Waals surface area contributed by atoms with Crippen molar-refractivity contribution in [2.75, 3.05) is 33.1 Å². The number of nitrogens with zero attached hydrogens (tertiary/aromatic N) is 1. The molecule has 1 fully saturated rings. The molecular weight excluding hydrogens is 292 g/mol. The fraction of sp³-hybridized carbons (Fsp3) is 0.611. The van der Waals surface area contributed by atoms with Crippen LogP contribution in [0.4, 0.5) is 5.69 Å². The van der Waals surface area contributed by atoms with Gasteiger partial charge in [-0.15, -0.1) is 0 Å². The summed E-state index contributed by atoms with van der Waals surface area (Å²) in [6, 6.07) is 5.90. The number of rotatable bonds is 6. The van der Waals surface area contributed by atoms with Gasteiger partial charge < -0.3 is 14.8 Å². The molecule has 23 heavy (non-hydrogen) atoms. The molecule has 0 unspecified atom stereocenters. The van der Waals surface area contributed by atoms with Crippen molar-refractivity contribution in [3.05, 3.63) is 18.2 Å². The molecule has 0 aliphatic heterocycles. The van der Waals surface area contributed by atoms with E-state index < -0.39 is 0 Å². The molecule has 1 aliphatic carbocycles. The molecule has 128 valence electrons. The second kappa shape index (κ2) is 8.77. The number of carbonyl (C=O) groups is 1. The van der Waals surface area contributed by atoms with E-state index in [1.165, 1.54) is 38.5 Å². The van der Waals surface area contributed by atoms with Gasteiger partial charge in [-0.1, -0.05) is 25.7 Å². The Labute approximate surface area is 139 Å². The minimum atomic E-state index is -0.0247. The molecule has 0 atom stereocenters. The standard InChI is InChI=1S/C18H28N2O3/c1-20(14-8-6-4-5-7-9-14)13-18(21)19-16-12-15(22-2)10-11-17(16)23-3/h10-12,14H,4-9,13H2,1-3H3,(H,19,21). The monoisotopic (exact) mass is 320 g/mol. The van der Waals surface area contributed by atoms with Crippen molar-refractivity contribution < 1.29 is 14.3 Å². The molecular formula is C18H28N2O3. The van der Waals surface area contributed by atoms with Gasteiger partial charge in [0.05, 0.1) is 26.5 Å². The Bertz CT molecular complexity index is 511. The Morgan fingerprint density at radius 2 is 1.87 bits per heavy atom. The number of methoxy groups -OCH3 is 2. The third-order valence-electron chi connectivity index (χ3n) is 4.52. The maximum Gasteiger partial charge on any atom is 0.238 e. The first kappa shape index (κ1) is 17.6. The van der Waals surface area contributed by atoms with Gasteiger partial charge >= 0.3 is 0 Å². The van der Waals surface area contributed by atoms with E-state index in [1.807, 2.05) is 13.1 Å². The zero-order chi connectivity index (χ0) is 16.7. The van der Waals surface area contributed by atoms with Gasteiger partial charge in [-0.3, -0.25) is 9.69 Å². The third kappa shape index (κ3) is 5.13. The Morgan fingerprint density at radius 3 is 2.48 bits per heavy atom. The van der Waals surface area contributed by atoms with Gasteiger partial charge in [0.25, 0.3) is 0 Å². The molecule has 1 aromatic carbocycles. The lowest BCUT2D eigenvalue weighted by molar-refractivity contribution is -0.117. The summed E-state index contributed by atoms with van der Waals surface area (Å²) in [5, 5.41) is 2.94. The number of ether oxygens (including phenoxy) is 2. The first-order valence-electron chi connectivity index (χ1n) is 8.36. The van der Waals surface area contributed by atoms with Crippen LogP contribution >= 0.6 is 0 Å². The van der Waals surface area contributed by atoms with E-state index in [9.17, 15) is 4.79 Å². The first-order chi connectivity index (χ1) is 11.1. The van der Waals surface area contributed by atoms with Crippen molar-refractivity contribution in [1.29, 1.82) is 0 Å². The molecule has 5 nitrogen and oxygen atoms in total.